The van der Waals surface area contributed by atoms with E-state index in [4.69, 9.17) is 18.9 Å². The zero-order valence-electron chi connectivity index (χ0n) is 20.1. The maximum absolute atomic E-state index is 13.4. The third-order valence-corrected chi connectivity index (χ3v) is 6.08. The molecular weight excluding hydrogens is 538 g/mol. The summed E-state index contributed by atoms with van der Waals surface area (Å²) in [5.74, 6) is 0.790. The molecule has 1 atom stereocenters. The van der Waals surface area contributed by atoms with Crippen LogP contribution in [0.4, 0.5) is 0 Å². The summed E-state index contributed by atoms with van der Waals surface area (Å²) in [4.78, 5) is 29.9. The zero-order valence-corrected chi connectivity index (χ0v) is 21.6. The van der Waals surface area contributed by atoms with Crippen LogP contribution in [0, 0.1) is 0 Å². The second kappa shape index (κ2) is 10.4. The number of halogens is 1. The predicted molar refractivity (Wildman–Crippen MR) is 145 cm³/mol. The number of furan rings is 1. The molecule has 0 spiro atoms. The van der Waals surface area contributed by atoms with Crippen LogP contribution >= 0.6 is 15.9 Å². The van der Waals surface area contributed by atoms with Crippen molar-refractivity contribution in [1.29, 1.82) is 0 Å². The van der Waals surface area contributed by atoms with Gasteiger partial charge in [0.05, 0.1) is 23.7 Å². The molecule has 0 amide bonds. The van der Waals surface area contributed by atoms with Gasteiger partial charge in [-0.25, -0.2) is 9.78 Å². The molecule has 0 N–H and O–H groups in total. The van der Waals surface area contributed by atoms with E-state index in [1.165, 1.54) is 4.68 Å². The van der Waals surface area contributed by atoms with Crippen LogP contribution < -0.4 is 10.3 Å². The average Bonchev–Trinajstić information content (AvgIpc) is 3.32. The molecule has 37 heavy (non-hydrogen) atoms. The summed E-state index contributed by atoms with van der Waals surface area (Å²) in [5, 5.41) is 5.78. The summed E-state index contributed by atoms with van der Waals surface area (Å²) in [6, 6.07) is 21.6. The summed E-state index contributed by atoms with van der Waals surface area (Å²) in [5.41, 5.74) is 1.62. The lowest BCUT2D eigenvalue weighted by Gasteiger charge is -2.13. The SMILES string of the molecule is CCOC(=O)[C@H](C)Oc1ccc(C=Nn2c(-c3cc4cc(Br)ccc4o3)nc3ccccc3c2=O)cc1. The molecule has 0 saturated carbocycles. The normalized spacial score (nSPS) is 12.3. The smallest absolute Gasteiger partial charge is 0.347 e. The van der Waals surface area contributed by atoms with E-state index in [0.29, 0.717) is 34.6 Å². The topological polar surface area (TPSA) is 95.9 Å². The van der Waals surface area contributed by atoms with Crippen molar-refractivity contribution in [3.05, 3.63) is 93.2 Å². The van der Waals surface area contributed by atoms with Crippen LogP contribution in [-0.2, 0) is 9.53 Å². The van der Waals surface area contributed by atoms with Gasteiger partial charge in [0.2, 0.25) is 5.82 Å². The molecule has 0 aliphatic rings. The number of rotatable bonds is 7. The summed E-state index contributed by atoms with van der Waals surface area (Å²) in [7, 11) is 0. The van der Waals surface area contributed by atoms with Gasteiger partial charge in [0.25, 0.3) is 5.56 Å². The van der Waals surface area contributed by atoms with Crippen molar-refractivity contribution < 1.29 is 18.7 Å². The van der Waals surface area contributed by atoms with Crippen LogP contribution in [-0.4, -0.2) is 34.6 Å². The van der Waals surface area contributed by atoms with Crippen molar-refractivity contribution in [2.45, 2.75) is 20.0 Å². The number of fused-ring (bicyclic) bond motifs is 2. The van der Waals surface area contributed by atoms with E-state index < -0.39 is 12.1 Å². The number of benzene rings is 3. The molecule has 8 nitrogen and oxygen atoms in total. The highest BCUT2D eigenvalue weighted by Crippen LogP contribution is 2.29. The maximum Gasteiger partial charge on any atom is 0.347 e. The number of aromatic nitrogens is 2. The number of carbonyl (C=O) groups excluding carboxylic acids is 1. The standard InChI is InChI=1S/C28H22BrN3O5/c1-3-35-28(34)17(2)36-21-11-8-18(9-12-21)16-30-32-26(31-23-7-5-4-6-22(23)27(32)33)25-15-19-14-20(29)10-13-24(19)37-25/h4-17H,3H2,1-2H3/t17-/m0/s1. The molecule has 0 aliphatic heterocycles. The molecule has 0 radical (unpaired) electrons. The Hall–Kier alpha value is -4.24. The lowest BCUT2D eigenvalue weighted by atomic mass is 10.2. The van der Waals surface area contributed by atoms with Crippen LogP contribution in [0.2, 0.25) is 0 Å². The van der Waals surface area contributed by atoms with Gasteiger partial charge >= 0.3 is 5.97 Å². The molecule has 9 heteroatoms. The number of hydrogen-bond donors (Lipinski definition) is 0. The van der Waals surface area contributed by atoms with Gasteiger partial charge in [0, 0.05) is 9.86 Å². The Labute approximate surface area is 220 Å². The fraction of sp³-hybridized carbons (Fsp3) is 0.143. The van der Waals surface area contributed by atoms with E-state index >= 15 is 0 Å². The number of hydrogen-bond acceptors (Lipinski definition) is 7. The van der Waals surface area contributed by atoms with Crippen molar-refractivity contribution in [3.8, 4) is 17.3 Å². The van der Waals surface area contributed by atoms with E-state index in [2.05, 4.69) is 21.0 Å². The van der Waals surface area contributed by atoms with E-state index in [0.717, 1.165) is 15.4 Å². The van der Waals surface area contributed by atoms with E-state index in [-0.39, 0.29) is 11.4 Å². The first kappa shape index (κ1) is 24.5. The number of para-hydroxylation sites is 1. The molecule has 0 aliphatic carbocycles. The van der Waals surface area contributed by atoms with Gasteiger partial charge in [-0.05, 0) is 80.1 Å². The Bertz CT molecular complexity index is 1690. The summed E-state index contributed by atoms with van der Waals surface area (Å²) >= 11 is 3.47. The van der Waals surface area contributed by atoms with Gasteiger partial charge in [-0.15, -0.1) is 0 Å². The monoisotopic (exact) mass is 559 g/mol. The second-order valence-corrected chi connectivity index (χ2v) is 9.10. The molecule has 0 unspecified atom stereocenters. The zero-order chi connectivity index (χ0) is 25.9. The van der Waals surface area contributed by atoms with Gasteiger partial charge < -0.3 is 13.9 Å². The number of esters is 1. The fourth-order valence-electron chi connectivity index (χ4n) is 3.78. The molecular formula is C28H22BrN3O5. The summed E-state index contributed by atoms with van der Waals surface area (Å²) < 4.78 is 18.8. The minimum atomic E-state index is -0.728. The second-order valence-electron chi connectivity index (χ2n) is 8.19. The van der Waals surface area contributed by atoms with Crippen molar-refractivity contribution in [3.63, 3.8) is 0 Å². The Kier molecular flexibility index (Phi) is 6.87. The van der Waals surface area contributed by atoms with Gasteiger partial charge in [0.15, 0.2) is 11.9 Å². The Balaban J connectivity index is 1.50. The summed E-state index contributed by atoms with van der Waals surface area (Å²) in [6.45, 7) is 3.66. The Morgan fingerprint density at radius 3 is 2.70 bits per heavy atom. The predicted octanol–water partition coefficient (Wildman–Crippen LogP) is 5.78. The van der Waals surface area contributed by atoms with Gasteiger partial charge in [-0.1, -0.05) is 28.1 Å². The van der Waals surface area contributed by atoms with Crippen molar-refractivity contribution in [1.82, 2.24) is 9.66 Å². The first-order valence-corrected chi connectivity index (χ1v) is 12.4. The van der Waals surface area contributed by atoms with Crippen molar-refractivity contribution in [2.24, 2.45) is 5.10 Å². The molecule has 2 aromatic heterocycles. The molecule has 0 saturated heterocycles. The lowest BCUT2D eigenvalue weighted by Crippen LogP contribution is -2.26. The van der Waals surface area contributed by atoms with Gasteiger partial charge in [0.1, 0.15) is 11.3 Å². The molecule has 2 heterocycles. The van der Waals surface area contributed by atoms with Crippen LogP contribution in [0.3, 0.4) is 0 Å². The molecule has 186 valence electrons. The van der Waals surface area contributed by atoms with Crippen LogP contribution in [0.25, 0.3) is 33.5 Å². The highest BCUT2D eigenvalue weighted by molar-refractivity contribution is 9.10. The quantitative estimate of drug-likeness (QED) is 0.185. The first-order valence-electron chi connectivity index (χ1n) is 11.6. The average molecular weight is 560 g/mol. The number of nitrogens with zero attached hydrogens (tertiary/aromatic N) is 3. The minimum absolute atomic E-state index is 0.287. The number of ether oxygens (including phenoxy) is 2. The van der Waals surface area contributed by atoms with Crippen molar-refractivity contribution >= 4 is 50.0 Å². The summed E-state index contributed by atoms with van der Waals surface area (Å²) in [6.07, 6.45) is 0.827. The van der Waals surface area contributed by atoms with Crippen molar-refractivity contribution in [2.75, 3.05) is 6.61 Å². The third kappa shape index (κ3) is 5.17. The third-order valence-electron chi connectivity index (χ3n) is 5.59. The molecule has 5 aromatic rings. The highest BCUT2D eigenvalue weighted by atomic mass is 79.9. The largest absolute Gasteiger partial charge is 0.479 e. The Morgan fingerprint density at radius 2 is 1.92 bits per heavy atom. The van der Waals surface area contributed by atoms with E-state index in [1.807, 2.05) is 30.3 Å². The fourth-order valence-corrected chi connectivity index (χ4v) is 4.16. The minimum Gasteiger partial charge on any atom is -0.479 e. The Morgan fingerprint density at radius 1 is 1.14 bits per heavy atom. The van der Waals surface area contributed by atoms with Crippen LogP contribution in [0.15, 0.2) is 91.6 Å². The molecule has 5 rings (SSSR count). The highest BCUT2D eigenvalue weighted by Gasteiger charge is 2.17. The molecule has 0 fully saturated rings. The van der Waals surface area contributed by atoms with Gasteiger partial charge in [-0.3, -0.25) is 4.79 Å². The first-order chi connectivity index (χ1) is 17.9. The number of carbonyl (C=O) groups is 1. The molecule has 3 aromatic carbocycles. The molecule has 0 bridgehead atoms. The lowest BCUT2D eigenvalue weighted by molar-refractivity contribution is -0.150. The van der Waals surface area contributed by atoms with Crippen LogP contribution in [0.1, 0.15) is 19.4 Å². The van der Waals surface area contributed by atoms with E-state index in [1.54, 1.807) is 62.5 Å². The van der Waals surface area contributed by atoms with Gasteiger partial charge in [-0.2, -0.15) is 9.78 Å². The maximum atomic E-state index is 13.4. The van der Waals surface area contributed by atoms with E-state index in [9.17, 15) is 9.59 Å². The van der Waals surface area contributed by atoms with Crippen LogP contribution in [0.5, 0.6) is 5.75 Å².